The summed E-state index contributed by atoms with van der Waals surface area (Å²) in [6, 6.07) is 19.8. The van der Waals surface area contributed by atoms with Crippen LogP contribution in [0.4, 0.5) is 13.4 Å². The van der Waals surface area contributed by atoms with Gasteiger partial charge in [0.2, 0.25) is 5.91 Å². The van der Waals surface area contributed by atoms with Crippen LogP contribution < -0.4 is 16.1 Å². The van der Waals surface area contributed by atoms with Gasteiger partial charge in [0.25, 0.3) is 5.91 Å². The van der Waals surface area contributed by atoms with Crippen LogP contribution >= 0.6 is 11.6 Å². The summed E-state index contributed by atoms with van der Waals surface area (Å²) in [6.07, 6.45) is 1.63. The Hall–Kier alpha value is -5.76. The third-order valence-electron chi connectivity index (χ3n) is 9.46. The van der Waals surface area contributed by atoms with E-state index in [0.29, 0.717) is 40.7 Å². The maximum Gasteiger partial charge on any atom is 0.737 e. The molecule has 3 aromatic carbocycles. The van der Waals surface area contributed by atoms with Crippen LogP contribution in [-0.4, -0.2) is 64.7 Å². The van der Waals surface area contributed by atoms with Crippen molar-refractivity contribution in [3.8, 4) is 0 Å². The van der Waals surface area contributed by atoms with Crippen molar-refractivity contribution in [3.05, 3.63) is 123 Å². The number of benzene rings is 3. The van der Waals surface area contributed by atoms with Crippen LogP contribution in [0.1, 0.15) is 59.6 Å². The second-order valence-electron chi connectivity index (χ2n) is 13.4. The van der Waals surface area contributed by atoms with Crippen LogP contribution in [0.3, 0.4) is 0 Å². The van der Waals surface area contributed by atoms with Crippen molar-refractivity contribution in [3.63, 3.8) is 0 Å². The molecule has 6 rings (SSSR count). The van der Waals surface area contributed by atoms with E-state index < -0.39 is 43.4 Å². The van der Waals surface area contributed by atoms with Crippen molar-refractivity contribution in [2.45, 2.75) is 53.0 Å². The van der Waals surface area contributed by atoms with Gasteiger partial charge < -0.3 is 37.8 Å². The Kier molecular flexibility index (Phi) is 11.0. The number of alkyl carbamates (subject to hydrolysis) is 1. The largest absolute Gasteiger partial charge is 0.737 e. The molecule has 0 unspecified atom stereocenters. The van der Waals surface area contributed by atoms with Crippen LogP contribution in [-0.2, 0) is 25.6 Å². The topological polar surface area (TPSA) is 131 Å². The molecule has 3 heterocycles. The lowest BCUT2D eigenvalue weighted by atomic mass is 9.85. The number of nitrogens with zero attached hydrogens (tertiary/aromatic N) is 2. The van der Waals surface area contributed by atoms with Crippen LogP contribution in [0.5, 0.6) is 0 Å². The molecule has 0 saturated heterocycles. The standard InChI is InChI=1S/C39H39BClF2N5O6/c1-23-18-25(3)47-35(23)32(36-24(2)19-26(4)48(36)40(47,42)43)10-7-17-53-39(52)45-33(21-27-11-12-28-8-5-6-9-30(28)20-27)37(50)44-22-34(49)46-54-38(51)29-13-15-31(41)16-14-29/h5-6,8-9,11-16,18-20,33H,7,10,17,21-22H2,1-4H3,(H,44,50)(H,45,52)(H,46,49)/t33-/m1/s1. The van der Waals surface area contributed by atoms with E-state index in [-0.39, 0.29) is 18.6 Å². The first-order valence-electron chi connectivity index (χ1n) is 17.4. The van der Waals surface area contributed by atoms with E-state index in [9.17, 15) is 19.2 Å². The quantitative estimate of drug-likeness (QED) is 0.0921. The number of fused-ring (bicyclic) bond motifs is 3. The predicted octanol–water partition coefficient (Wildman–Crippen LogP) is 6.41. The highest BCUT2D eigenvalue weighted by molar-refractivity contribution is 6.58. The molecule has 0 fully saturated rings. The monoisotopic (exact) mass is 757 g/mol. The van der Waals surface area contributed by atoms with Gasteiger partial charge in [-0.25, -0.2) is 9.59 Å². The van der Waals surface area contributed by atoms with E-state index in [1.807, 2.05) is 61.8 Å². The first kappa shape index (κ1) is 38.0. The predicted molar refractivity (Wildman–Crippen MR) is 202 cm³/mol. The lowest BCUT2D eigenvalue weighted by Gasteiger charge is -2.34. The van der Waals surface area contributed by atoms with Crippen molar-refractivity contribution in [2.75, 3.05) is 13.2 Å². The number of aryl methyl sites for hydroxylation is 2. The van der Waals surface area contributed by atoms with E-state index in [4.69, 9.17) is 21.2 Å². The molecular weight excluding hydrogens is 719 g/mol. The van der Waals surface area contributed by atoms with E-state index >= 15 is 8.63 Å². The number of carbonyl (C=O) groups is 4. The van der Waals surface area contributed by atoms with Crippen LogP contribution in [0, 0.1) is 13.8 Å². The van der Waals surface area contributed by atoms with Gasteiger partial charge in [-0.3, -0.25) is 9.59 Å². The van der Waals surface area contributed by atoms with E-state index in [2.05, 4.69) is 10.6 Å². The van der Waals surface area contributed by atoms with Crippen LogP contribution in [0.25, 0.3) is 16.3 Å². The van der Waals surface area contributed by atoms with Gasteiger partial charge >= 0.3 is 19.0 Å². The SMILES string of the molecule is CC1=CC(C)=[N+]2C1=C(CCCOC(=O)N[C@H](Cc1ccc3ccccc3c1)C(=O)NCC(=O)NOC(=O)c1ccc(Cl)cc1)c1c(C)cc(C)n1[B-]2(F)F. The van der Waals surface area contributed by atoms with Gasteiger partial charge in [0.05, 0.1) is 18.7 Å². The lowest BCUT2D eigenvalue weighted by Crippen LogP contribution is -2.51. The summed E-state index contributed by atoms with van der Waals surface area (Å²) in [7, 11) is 0. The Labute approximate surface area is 315 Å². The Morgan fingerprint density at radius 3 is 2.41 bits per heavy atom. The Morgan fingerprint density at radius 2 is 1.67 bits per heavy atom. The number of rotatable bonds is 11. The smallest absolute Gasteiger partial charge is 0.450 e. The Bertz CT molecular complexity index is 2270. The molecule has 2 aliphatic rings. The number of hydroxylamine groups is 1. The van der Waals surface area contributed by atoms with Gasteiger partial charge in [0.1, 0.15) is 11.8 Å². The second-order valence-corrected chi connectivity index (χ2v) is 13.8. The number of hydrogen-bond donors (Lipinski definition) is 3. The minimum Gasteiger partial charge on any atom is -0.450 e. The molecule has 11 nitrogen and oxygen atoms in total. The minimum absolute atomic E-state index is 0.0555. The summed E-state index contributed by atoms with van der Waals surface area (Å²) in [4.78, 5) is 56.0. The average molecular weight is 758 g/mol. The van der Waals surface area contributed by atoms with Crippen LogP contribution in [0.2, 0.25) is 5.02 Å². The van der Waals surface area contributed by atoms with E-state index in [0.717, 1.165) is 42.0 Å². The van der Waals surface area contributed by atoms with Crippen molar-refractivity contribution in [1.82, 2.24) is 20.6 Å². The fraction of sp³-hybridized carbons (Fsp3) is 0.256. The van der Waals surface area contributed by atoms with Gasteiger partial charge in [-0.05, 0) is 91.5 Å². The summed E-state index contributed by atoms with van der Waals surface area (Å²) >= 11 is 5.84. The molecule has 2 aliphatic heterocycles. The van der Waals surface area contributed by atoms with E-state index in [1.165, 1.54) is 24.3 Å². The number of allylic oxidation sites excluding steroid dienone is 3. The zero-order valence-electron chi connectivity index (χ0n) is 30.2. The number of nitrogens with one attached hydrogen (secondary N) is 3. The molecule has 0 spiro atoms. The van der Waals surface area contributed by atoms with Gasteiger partial charge in [-0.15, -0.1) is 0 Å². The zero-order valence-corrected chi connectivity index (χ0v) is 30.9. The van der Waals surface area contributed by atoms with Crippen molar-refractivity contribution in [1.29, 1.82) is 0 Å². The summed E-state index contributed by atoms with van der Waals surface area (Å²) < 4.78 is 39.5. The second kappa shape index (κ2) is 15.7. The number of aromatic nitrogens is 1. The molecule has 54 heavy (non-hydrogen) atoms. The third-order valence-corrected chi connectivity index (χ3v) is 9.71. The third kappa shape index (κ3) is 7.93. The van der Waals surface area contributed by atoms with Crippen LogP contribution in [0.15, 0.2) is 90.1 Å². The molecule has 3 amide bonds. The first-order chi connectivity index (χ1) is 25.7. The maximum absolute atomic E-state index is 15.9. The summed E-state index contributed by atoms with van der Waals surface area (Å²) in [6.45, 7) is 2.26. The number of halogens is 3. The number of ether oxygens (including phenoxy) is 1. The average Bonchev–Trinajstić information content (AvgIpc) is 3.62. The molecule has 0 aliphatic carbocycles. The number of hydrogen-bond acceptors (Lipinski definition) is 6. The highest BCUT2D eigenvalue weighted by Gasteiger charge is 2.54. The first-order valence-corrected chi connectivity index (χ1v) is 17.8. The van der Waals surface area contributed by atoms with Gasteiger partial charge in [0, 0.05) is 41.3 Å². The number of carbonyl (C=O) groups excluding carboxylic acids is 4. The maximum atomic E-state index is 15.9. The molecule has 280 valence electrons. The Morgan fingerprint density at radius 1 is 0.944 bits per heavy atom. The molecular formula is C39H39BClF2N5O6. The molecule has 0 radical (unpaired) electrons. The molecule has 3 N–H and O–H groups in total. The van der Waals surface area contributed by atoms with Crippen molar-refractivity contribution < 1.29 is 41.9 Å². The number of amides is 3. The Balaban J connectivity index is 1.10. The highest BCUT2D eigenvalue weighted by atomic mass is 35.5. The molecule has 4 aromatic rings. The molecule has 1 aromatic heterocycles. The molecule has 0 saturated carbocycles. The highest BCUT2D eigenvalue weighted by Crippen LogP contribution is 2.43. The summed E-state index contributed by atoms with van der Waals surface area (Å²) in [5.74, 6) is -2.33. The van der Waals surface area contributed by atoms with Gasteiger partial charge in [0.15, 0.2) is 5.70 Å². The van der Waals surface area contributed by atoms with E-state index in [1.54, 1.807) is 26.0 Å². The van der Waals surface area contributed by atoms with Gasteiger partial charge in [-0.1, -0.05) is 54.1 Å². The summed E-state index contributed by atoms with van der Waals surface area (Å²) in [5, 5.41) is 7.43. The summed E-state index contributed by atoms with van der Waals surface area (Å²) in [5.41, 5.74) is 6.99. The molecule has 15 heteroatoms. The van der Waals surface area contributed by atoms with Gasteiger partial charge in [-0.2, -0.15) is 5.48 Å². The zero-order chi connectivity index (χ0) is 38.7. The normalized spacial score (nSPS) is 14.9. The fourth-order valence-corrected chi connectivity index (χ4v) is 7.28. The fourth-order valence-electron chi connectivity index (χ4n) is 7.15. The molecule has 0 bridgehead atoms. The molecule has 1 atom stereocenters. The lowest BCUT2D eigenvalue weighted by molar-refractivity contribution is -0.363. The van der Waals surface area contributed by atoms with Crippen molar-refractivity contribution in [2.24, 2.45) is 0 Å². The minimum atomic E-state index is -4.09. The van der Waals surface area contributed by atoms with Crippen molar-refractivity contribution >= 4 is 64.5 Å².